The fraction of sp³-hybridized carbons (Fsp3) is 0.833. The zero-order valence-corrected chi connectivity index (χ0v) is 10.1. The minimum atomic E-state index is -0.0922. The number of carbonyl (C=O) groups is 2. The number of nitrogens with one attached hydrogen (secondary N) is 1. The fourth-order valence-electron chi connectivity index (χ4n) is 2.25. The molecule has 0 aliphatic heterocycles. The Hall–Kier alpha value is -1.06. The summed E-state index contributed by atoms with van der Waals surface area (Å²) in [5, 5.41) is 2.93. The molecule has 0 heterocycles. The van der Waals surface area contributed by atoms with Crippen molar-refractivity contribution in [2.45, 2.75) is 52.0 Å². The number of hydrogen-bond acceptors (Lipinski definition) is 3. The molecule has 0 unspecified atom stereocenters. The largest absolute Gasteiger partial charge is 0.466 e. The van der Waals surface area contributed by atoms with Crippen molar-refractivity contribution < 1.29 is 14.3 Å². The smallest absolute Gasteiger partial charge is 0.306 e. The molecule has 0 radical (unpaired) electrons. The first kappa shape index (κ1) is 13.0. The number of hydrogen-bond donors (Lipinski definition) is 1. The van der Waals surface area contributed by atoms with Crippen molar-refractivity contribution in [2.24, 2.45) is 5.92 Å². The van der Waals surface area contributed by atoms with Crippen molar-refractivity contribution in [1.82, 2.24) is 5.32 Å². The molecular weight excluding hydrogens is 206 g/mol. The van der Waals surface area contributed by atoms with E-state index >= 15 is 0 Å². The van der Waals surface area contributed by atoms with Gasteiger partial charge in [0, 0.05) is 19.4 Å². The first-order chi connectivity index (χ1) is 7.61. The maximum atomic E-state index is 11.3. The van der Waals surface area contributed by atoms with Gasteiger partial charge >= 0.3 is 5.97 Å². The molecule has 1 aliphatic carbocycles. The van der Waals surface area contributed by atoms with Crippen LogP contribution in [0.1, 0.15) is 46.0 Å². The first-order valence-electron chi connectivity index (χ1n) is 6.04. The third kappa shape index (κ3) is 4.64. The van der Waals surface area contributed by atoms with Crippen LogP contribution in [0.4, 0.5) is 0 Å². The summed E-state index contributed by atoms with van der Waals surface area (Å²) in [4.78, 5) is 22.1. The monoisotopic (exact) mass is 227 g/mol. The van der Waals surface area contributed by atoms with Crippen LogP contribution in [-0.2, 0) is 14.3 Å². The van der Waals surface area contributed by atoms with Crippen molar-refractivity contribution in [1.29, 1.82) is 0 Å². The quantitative estimate of drug-likeness (QED) is 0.743. The number of carbonyl (C=O) groups excluding carboxylic acids is 2. The molecule has 0 bridgehead atoms. The summed E-state index contributed by atoms with van der Waals surface area (Å²) in [7, 11) is 0. The summed E-state index contributed by atoms with van der Waals surface area (Å²) in [6.07, 6.45) is 4.49. The van der Waals surface area contributed by atoms with Crippen LogP contribution in [0.2, 0.25) is 0 Å². The van der Waals surface area contributed by atoms with Gasteiger partial charge in [0.1, 0.15) is 0 Å². The molecule has 0 atom stereocenters. The molecule has 1 fully saturated rings. The average molecular weight is 227 g/mol. The molecule has 1 N–H and O–H groups in total. The minimum absolute atomic E-state index is 0.0360. The maximum absolute atomic E-state index is 11.3. The van der Waals surface area contributed by atoms with Crippen molar-refractivity contribution in [3.8, 4) is 0 Å². The molecular formula is C12H21NO3. The lowest BCUT2D eigenvalue weighted by Gasteiger charge is -2.28. The van der Waals surface area contributed by atoms with Gasteiger partial charge in [0.2, 0.25) is 5.91 Å². The second-order valence-corrected chi connectivity index (χ2v) is 4.43. The highest BCUT2D eigenvalue weighted by atomic mass is 16.5. The first-order valence-corrected chi connectivity index (χ1v) is 6.04. The van der Waals surface area contributed by atoms with Crippen LogP contribution in [0.25, 0.3) is 0 Å². The van der Waals surface area contributed by atoms with Crippen molar-refractivity contribution in [2.75, 3.05) is 6.61 Å². The predicted molar refractivity (Wildman–Crippen MR) is 60.8 cm³/mol. The molecule has 4 heteroatoms. The van der Waals surface area contributed by atoms with Gasteiger partial charge in [-0.15, -0.1) is 0 Å². The van der Waals surface area contributed by atoms with Crippen molar-refractivity contribution in [3.63, 3.8) is 0 Å². The van der Waals surface area contributed by atoms with Gasteiger partial charge < -0.3 is 10.1 Å². The van der Waals surface area contributed by atoms with Gasteiger partial charge in [0.05, 0.1) is 6.61 Å². The van der Waals surface area contributed by atoms with Gasteiger partial charge in [-0.3, -0.25) is 9.59 Å². The van der Waals surface area contributed by atoms with E-state index < -0.39 is 0 Å². The van der Waals surface area contributed by atoms with Crippen LogP contribution in [0.5, 0.6) is 0 Å². The highest BCUT2D eigenvalue weighted by Crippen LogP contribution is 2.27. The van der Waals surface area contributed by atoms with Gasteiger partial charge in [-0.1, -0.05) is 0 Å². The van der Waals surface area contributed by atoms with Crippen LogP contribution in [-0.4, -0.2) is 24.5 Å². The van der Waals surface area contributed by atoms with Gasteiger partial charge in [-0.2, -0.15) is 0 Å². The zero-order chi connectivity index (χ0) is 12.0. The highest BCUT2D eigenvalue weighted by Gasteiger charge is 2.23. The summed E-state index contributed by atoms with van der Waals surface area (Å²) in [5.41, 5.74) is 0. The summed E-state index contributed by atoms with van der Waals surface area (Å²) < 4.78 is 4.93. The molecule has 4 nitrogen and oxygen atoms in total. The second-order valence-electron chi connectivity index (χ2n) is 4.43. The van der Waals surface area contributed by atoms with E-state index in [4.69, 9.17) is 4.74 Å². The average Bonchev–Trinajstić information content (AvgIpc) is 2.20. The Kier molecular flexibility index (Phi) is 5.29. The summed E-state index contributed by atoms with van der Waals surface area (Å²) >= 11 is 0. The van der Waals surface area contributed by atoms with E-state index in [1.54, 1.807) is 6.92 Å². The van der Waals surface area contributed by atoms with Crippen molar-refractivity contribution >= 4 is 11.9 Å². The third-order valence-electron chi connectivity index (χ3n) is 3.01. The summed E-state index contributed by atoms with van der Waals surface area (Å²) in [5.74, 6) is 0.378. The SMILES string of the molecule is CCOC(=O)C[C@H]1CC[C@H](NC(C)=O)CC1. The normalized spacial score (nSPS) is 24.9. The summed E-state index contributed by atoms with van der Waals surface area (Å²) in [6, 6.07) is 0.302. The van der Waals surface area contributed by atoms with E-state index in [9.17, 15) is 9.59 Å². The van der Waals surface area contributed by atoms with Gasteiger partial charge in [0.25, 0.3) is 0 Å². The lowest BCUT2D eigenvalue weighted by Crippen LogP contribution is -2.36. The van der Waals surface area contributed by atoms with E-state index in [-0.39, 0.29) is 11.9 Å². The highest BCUT2D eigenvalue weighted by molar-refractivity contribution is 5.73. The lowest BCUT2D eigenvalue weighted by molar-refractivity contribution is -0.144. The molecule has 1 saturated carbocycles. The molecule has 1 rings (SSSR count). The third-order valence-corrected chi connectivity index (χ3v) is 3.01. The standard InChI is InChI=1S/C12H21NO3/c1-3-16-12(15)8-10-4-6-11(7-5-10)13-9(2)14/h10-11H,3-8H2,1-2H3,(H,13,14)/t10-,11-. The van der Waals surface area contributed by atoms with Crippen LogP contribution in [0.15, 0.2) is 0 Å². The molecule has 0 aromatic rings. The molecule has 0 spiro atoms. The van der Waals surface area contributed by atoms with Crippen LogP contribution in [0.3, 0.4) is 0 Å². The predicted octanol–water partition coefficient (Wildman–Crippen LogP) is 1.63. The Morgan fingerprint density at radius 3 is 2.38 bits per heavy atom. The van der Waals surface area contributed by atoms with Crippen LogP contribution in [0, 0.1) is 5.92 Å². The van der Waals surface area contributed by atoms with E-state index in [0.717, 1.165) is 25.7 Å². The Morgan fingerprint density at radius 1 is 1.25 bits per heavy atom. The second kappa shape index (κ2) is 6.51. The number of ether oxygens (including phenoxy) is 1. The van der Waals surface area contributed by atoms with Crippen LogP contribution >= 0.6 is 0 Å². The molecule has 0 aromatic heterocycles. The van der Waals surface area contributed by atoms with Crippen molar-refractivity contribution in [3.05, 3.63) is 0 Å². The van der Waals surface area contributed by atoms with E-state index in [1.165, 1.54) is 0 Å². The topological polar surface area (TPSA) is 55.4 Å². The molecule has 0 saturated heterocycles. The minimum Gasteiger partial charge on any atom is -0.466 e. The Morgan fingerprint density at radius 2 is 1.88 bits per heavy atom. The lowest BCUT2D eigenvalue weighted by atomic mass is 9.84. The summed E-state index contributed by atoms with van der Waals surface area (Å²) in [6.45, 7) is 3.83. The maximum Gasteiger partial charge on any atom is 0.306 e. The molecule has 0 aromatic carbocycles. The van der Waals surface area contributed by atoms with Gasteiger partial charge in [-0.05, 0) is 38.5 Å². The zero-order valence-electron chi connectivity index (χ0n) is 10.1. The Labute approximate surface area is 96.7 Å². The number of amides is 1. The van der Waals surface area contributed by atoms with Gasteiger partial charge in [0.15, 0.2) is 0 Å². The Balaban J connectivity index is 2.21. The number of rotatable bonds is 4. The number of esters is 1. The Bertz CT molecular complexity index is 245. The fourth-order valence-corrected chi connectivity index (χ4v) is 2.25. The molecule has 1 aliphatic rings. The molecule has 16 heavy (non-hydrogen) atoms. The molecule has 92 valence electrons. The van der Waals surface area contributed by atoms with E-state index in [2.05, 4.69) is 5.32 Å². The van der Waals surface area contributed by atoms with E-state index in [1.807, 2.05) is 6.92 Å². The van der Waals surface area contributed by atoms with E-state index in [0.29, 0.717) is 25.0 Å². The molecule has 1 amide bonds. The van der Waals surface area contributed by atoms with Crippen LogP contribution < -0.4 is 5.32 Å². The van der Waals surface area contributed by atoms with Gasteiger partial charge in [-0.25, -0.2) is 0 Å².